The van der Waals surface area contributed by atoms with Crippen molar-refractivity contribution in [2.45, 2.75) is 72.4 Å². The summed E-state index contributed by atoms with van der Waals surface area (Å²) in [6.07, 6.45) is 3.77. The lowest BCUT2D eigenvalue weighted by Gasteiger charge is -2.30. The molecule has 98 valence electrons. The molecule has 16 heavy (non-hydrogen) atoms. The third kappa shape index (κ3) is 8.12. The van der Waals surface area contributed by atoms with Crippen LogP contribution in [-0.4, -0.2) is 36.1 Å². The molecule has 0 amide bonds. The molecule has 0 spiro atoms. The number of nitrogens with one attached hydrogen (secondary N) is 1. The molecule has 0 rings (SSSR count). The van der Waals surface area contributed by atoms with Gasteiger partial charge < -0.3 is 10.2 Å². The van der Waals surface area contributed by atoms with Crippen LogP contribution >= 0.6 is 0 Å². The summed E-state index contributed by atoms with van der Waals surface area (Å²) in [6, 6.07) is 0.703. The molecule has 0 heterocycles. The van der Waals surface area contributed by atoms with Crippen LogP contribution < -0.4 is 5.32 Å². The molecule has 0 aliphatic carbocycles. The van der Waals surface area contributed by atoms with Gasteiger partial charge in [-0.05, 0) is 66.6 Å². The fraction of sp³-hybridized carbons (Fsp3) is 1.00. The lowest BCUT2D eigenvalue weighted by Crippen LogP contribution is -2.41. The van der Waals surface area contributed by atoms with Crippen molar-refractivity contribution in [1.82, 2.24) is 10.2 Å². The number of nitrogens with zero attached hydrogens (tertiary/aromatic N) is 1. The minimum absolute atomic E-state index is 0.250. The maximum atomic E-state index is 3.57. The summed E-state index contributed by atoms with van der Waals surface area (Å²) < 4.78 is 0. The van der Waals surface area contributed by atoms with Crippen molar-refractivity contribution in [3.63, 3.8) is 0 Å². The highest BCUT2D eigenvalue weighted by molar-refractivity contribution is 4.73. The molecule has 0 saturated carbocycles. The minimum atomic E-state index is 0.250. The molecule has 0 aromatic heterocycles. The predicted molar refractivity (Wildman–Crippen MR) is 74.0 cm³/mol. The Labute approximate surface area is 103 Å². The number of rotatable bonds is 8. The van der Waals surface area contributed by atoms with Gasteiger partial charge in [0.1, 0.15) is 0 Å². The Kier molecular flexibility index (Phi) is 8.04. The molecular weight excluding hydrogens is 196 g/mol. The summed E-state index contributed by atoms with van der Waals surface area (Å²) >= 11 is 0. The van der Waals surface area contributed by atoms with E-state index in [9.17, 15) is 0 Å². The van der Waals surface area contributed by atoms with Gasteiger partial charge in [0.2, 0.25) is 0 Å². The van der Waals surface area contributed by atoms with E-state index in [4.69, 9.17) is 0 Å². The molecule has 0 radical (unpaired) electrons. The molecule has 0 aromatic carbocycles. The van der Waals surface area contributed by atoms with Crippen molar-refractivity contribution in [3.8, 4) is 0 Å². The van der Waals surface area contributed by atoms with Gasteiger partial charge in [0, 0.05) is 11.6 Å². The highest BCUT2D eigenvalue weighted by atomic mass is 15.1. The first kappa shape index (κ1) is 15.9. The fourth-order valence-corrected chi connectivity index (χ4v) is 1.97. The molecule has 2 heteroatoms. The Morgan fingerprint density at radius 2 is 1.56 bits per heavy atom. The van der Waals surface area contributed by atoms with Gasteiger partial charge in [0.15, 0.2) is 0 Å². The monoisotopic (exact) mass is 228 g/mol. The molecule has 1 atom stereocenters. The van der Waals surface area contributed by atoms with Crippen LogP contribution in [0.2, 0.25) is 0 Å². The first-order valence-corrected chi connectivity index (χ1v) is 6.89. The van der Waals surface area contributed by atoms with Gasteiger partial charge in [-0.2, -0.15) is 0 Å². The predicted octanol–water partition coefficient (Wildman–Crippen LogP) is 3.28. The van der Waals surface area contributed by atoms with Crippen molar-refractivity contribution >= 4 is 0 Å². The Morgan fingerprint density at radius 1 is 1.06 bits per heavy atom. The van der Waals surface area contributed by atoms with Crippen LogP contribution in [0.1, 0.15) is 60.8 Å². The molecule has 1 unspecified atom stereocenters. The molecule has 0 aliphatic heterocycles. The van der Waals surface area contributed by atoms with Crippen LogP contribution in [0.5, 0.6) is 0 Å². The van der Waals surface area contributed by atoms with Crippen LogP contribution in [-0.2, 0) is 0 Å². The van der Waals surface area contributed by atoms with E-state index >= 15 is 0 Å². The summed E-state index contributed by atoms with van der Waals surface area (Å²) in [7, 11) is 0. The van der Waals surface area contributed by atoms with Crippen LogP contribution in [0, 0.1) is 0 Å². The maximum Gasteiger partial charge on any atom is 0.00965 e. The van der Waals surface area contributed by atoms with Crippen LogP contribution in [0.15, 0.2) is 0 Å². The zero-order valence-electron chi connectivity index (χ0n) is 12.3. The van der Waals surface area contributed by atoms with Gasteiger partial charge >= 0.3 is 0 Å². The number of hydrogen-bond acceptors (Lipinski definition) is 2. The standard InChI is InChI=1S/C14H32N2/c1-7-11-16(12-8-2)13(3)9-10-15-14(4,5)6/h13,15H,7-12H2,1-6H3. The molecule has 2 nitrogen and oxygen atoms in total. The highest BCUT2D eigenvalue weighted by Gasteiger charge is 2.13. The Hall–Kier alpha value is -0.0800. The zero-order valence-corrected chi connectivity index (χ0v) is 12.3. The summed E-state index contributed by atoms with van der Waals surface area (Å²) in [4.78, 5) is 2.62. The second-order valence-electron chi connectivity index (χ2n) is 5.85. The third-order valence-electron chi connectivity index (χ3n) is 2.86. The molecule has 0 aromatic rings. The van der Waals surface area contributed by atoms with E-state index in [2.05, 4.69) is 51.8 Å². The Balaban J connectivity index is 3.86. The average Bonchev–Trinajstić information content (AvgIpc) is 2.15. The molecule has 0 saturated heterocycles. The van der Waals surface area contributed by atoms with Gasteiger partial charge in [0.05, 0.1) is 0 Å². The SMILES string of the molecule is CCCN(CCC)C(C)CCNC(C)(C)C. The third-order valence-corrected chi connectivity index (χ3v) is 2.86. The van der Waals surface area contributed by atoms with E-state index < -0.39 is 0 Å². The van der Waals surface area contributed by atoms with Gasteiger partial charge in [-0.1, -0.05) is 13.8 Å². The smallest absolute Gasteiger partial charge is 0.00965 e. The van der Waals surface area contributed by atoms with E-state index in [-0.39, 0.29) is 5.54 Å². The first-order chi connectivity index (χ1) is 7.40. The lowest BCUT2D eigenvalue weighted by molar-refractivity contribution is 0.196. The van der Waals surface area contributed by atoms with Crippen LogP contribution in [0.4, 0.5) is 0 Å². The lowest BCUT2D eigenvalue weighted by atomic mass is 10.1. The van der Waals surface area contributed by atoms with Crippen molar-refractivity contribution in [3.05, 3.63) is 0 Å². The molecule has 1 N–H and O–H groups in total. The fourth-order valence-electron chi connectivity index (χ4n) is 1.97. The van der Waals surface area contributed by atoms with Crippen molar-refractivity contribution in [1.29, 1.82) is 0 Å². The molecule has 0 fully saturated rings. The quantitative estimate of drug-likeness (QED) is 0.686. The normalized spacial score (nSPS) is 14.4. The zero-order chi connectivity index (χ0) is 12.6. The molecule has 0 bridgehead atoms. The molecule has 0 aliphatic rings. The summed E-state index contributed by atoms with van der Waals surface area (Å²) in [5, 5.41) is 3.57. The largest absolute Gasteiger partial charge is 0.312 e. The Morgan fingerprint density at radius 3 is 1.94 bits per heavy atom. The molecular formula is C14H32N2. The topological polar surface area (TPSA) is 15.3 Å². The first-order valence-electron chi connectivity index (χ1n) is 6.89. The second-order valence-corrected chi connectivity index (χ2v) is 5.85. The van der Waals surface area contributed by atoms with E-state index in [1.165, 1.54) is 32.4 Å². The highest BCUT2D eigenvalue weighted by Crippen LogP contribution is 2.07. The van der Waals surface area contributed by atoms with E-state index in [0.717, 1.165) is 6.54 Å². The van der Waals surface area contributed by atoms with Crippen molar-refractivity contribution in [2.24, 2.45) is 0 Å². The number of hydrogen-bond donors (Lipinski definition) is 1. The van der Waals surface area contributed by atoms with E-state index in [1.54, 1.807) is 0 Å². The summed E-state index contributed by atoms with van der Waals surface area (Å²) in [5.41, 5.74) is 0.250. The van der Waals surface area contributed by atoms with E-state index in [0.29, 0.717) is 6.04 Å². The van der Waals surface area contributed by atoms with Gasteiger partial charge in [-0.25, -0.2) is 0 Å². The summed E-state index contributed by atoms with van der Waals surface area (Å²) in [6.45, 7) is 17.2. The van der Waals surface area contributed by atoms with Crippen molar-refractivity contribution < 1.29 is 0 Å². The average molecular weight is 228 g/mol. The van der Waals surface area contributed by atoms with Gasteiger partial charge in [-0.3, -0.25) is 0 Å². The maximum absolute atomic E-state index is 3.57. The van der Waals surface area contributed by atoms with Crippen molar-refractivity contribution in [2.75, 3.05) is 19.6 Å². The Bertz CT molecular complexity index is 155. The second kappa shape index (κ2) is 8.08. The van der Waals surface area contributed by atoms with Crippen LogP contribution in [0.25, 0.3) is 0 Å². The van der Waals surface area contributed by atoms with Crippen LogP contribution in [0.3, 0.4) is 0 Å². The summed E-state index contributed by atoms with van der Waals surface area (Å²) in [5.74, 6) is 0. The van der Waals surface area contributed by atoms with E-state index in [1.807, 2.05) is 0 Å². The minimum Gasteiger partial charge on any atom is -0.312 e. The van der Waals surface area contributed by atoms with Gasteiger partial charge in [0.25, 0.3) is 0 Å². The van der Waals surface area contributed by atoms with Gasteiger partial charge in [-0.15, -0.1) is 0 Å².